The Morgan fingerprint density at radius 1 is 1.39 bits per heavy atom. The zero-order valence-corrected chi connectivity index (χ0v) is 11.0. The first-order valence-corrected chi connectivity index (χ1v) is 7.26. The van der Waals surface area contributed by atoms with E-state index in [9.17, 15) is 18.0 Å². The molecular formula is C10H17NO6S. The summed E-state index contributed by atoms with van der Waals surface area (Å²) in [4.78, 5) is 21.8. The Bertz CT molecular complexity index is 418. The van der Waals surface area contributed by atoms with Crippen LogP contribution in [0.25, 0.3) is 0 Å². The quantitative estimate of drug-likeness (QED) is 0.700. The van der Waals surface area contributed by atoms with E-state index in [1.807, 2.05) is 0 Å². The minimum atomic E-state index is -3.86. The Labute approximate surface area is 106 Å². The third kappa shape index (κ3) is 3.95. The number of carbonyl (C=O) groups excluding carboxylic acids is 1. The van der Waals surface area contributed by atoms with Crippen LogP contribution in [0.4, 0.5) is 0 Å². The average molecular weight is 279 g/mol. The number of methoxy groups -OCH3 is 1. The molecule has 0 radical (unpaired) electrons. The smallest absolute Gasteiger partial charge is 0.320 e. The van der Waals surface area contributed by atoms with E-state index >= 15 is 0 Å². The van der Waals surface area contributed by atoms with Gasteiger partial charge in [0.1, 0.15) is 0 Å². The van der Waals surface area contributed by atoms with Crippen molar-refractivity contribution in [1.82, 2.24) is 4.31 Å². The van der Waals surface area contributed by atoms with Crippen LogP contribution in [0, 0.1) is 0 Å². The van der Waals surface area contributed by atoms with Gasteiger partial charge in [0.05, 0.1) is 13.5 Å². The van der Waals surface area contributed by atoms with Crippen LogP contribution in [-0.2, 0) is 24.3 Å². The van der Waals surface area contributed by atoms with Crippen molar-refractivity contribution in [2.24, 2.45) is 0 Å². The third-order valence-corrected chi connectivity index (χ3v) is 4.67. The van der Waals surface area contributed by atoms with Crippen LogP contribution < -0.4 is 0 Å². The van der Waals surface area contributed by atoms with Gasteiger partial charge in [-0.2, -0.15) is 4.31 Å². The van der Waals surface area contributed by atoms with Gasteiger partial charge in [-0.15, -0.1) is 0 Å². The Morgan fingerprint density at radius 3 is 2.61 bits per heavy atom. The Kier molecular flexibility index (Phi) is 5.09. The van der Waals surface area contributed by atoms with Crippen LogP contribution >= 0.6 is 0 Å². The highest BCUT2D eigenvalue weighted by atomic mass is 32.2. The van der Waals surface area contributed by atoms with E-state index in [4.69, 9.17) is 5.11 Å². The van der Waals surface area contributed by atoms with Crippen molar-refractivity contribution in [3.8, 4) is 0 Å². The summed E-state index contributed by atoms with van der Waals surface area (Å²) in [5.74, 6) is -2.82. The number of nitrogens with zero attached hydrogens (tertiary/aromatic N) is 1. The summed E-state index contributed by atoms with van der Waals surface area (Å²) in [7, 11) is -2.62. The zero-order valence-electron chi connectivity index (χ0n) is 10.2. The molecule has 1 heterocycles. The van der Waals surface area contributed by atoms with Gasteiger partial charge in [0.25, 0.3) is 0 Å². The number of piperidine rings is 1. The maximum Gasteiger partial charge on any atom is 0.320 e. The molecule has 0 aromatic carbocycles. The molecule has 0 saturated carbocycles. The molecule has 7 nitrogen and oxygen atoms in total. The summed E-state index contributed by atoms with van der Waals surface area (Å²) in [6, 6.07) is -0.490. The molecule has 1 fully saturated rings. The summed E-state index contributed by atoms with van der Waals surface area (Å²) < 4.78 is 29.4. The molecule has 8 heteroatoms. The van der Waals surface area contributed by atoms with Gasteiger partial charge in [-0.3, -0.25) is 9.59 Å². The second-order valence-corrected chi connectivity index (χ2v) is 6.11. The molecule has 0 aromatic heterocycles. The lowest BCUT2D eigenvalue weighted by Gasteiger charge is -2.33. The predicted molar refractivity (Wildman–Crippen MR) is 62.4 cm³/mol. The third-order valence-electron chi connectivity index (χ3n) is 2.87. The SMILES string of the molecule is COC(=O)CC1CCCCN1S(=O)(=O)CC(=O)O. The number of hydrogen-bond acceptors (Lipinski definition) is 5. The lowest BCUT2D eigenvalue weighted by atomic mass is 10.0. The van der Waals surface area contributed by atoms with E-state index in [1.54, 1.807) is 0 Å². The van der Waals surface area contributed by atoms with E-state index in [2.05, 4.69) is 4.74 Å². The van der Waals surface area contributed by atoms with Gasteiger partial charge >= 0.3 is 11.9 Å². The Hall–Kier alpha value is -1.15. The van der Waals surface area contributed by atoms with E-state index in [0.29, 0.717) is 12.8 Å². The van der Waals surface area contributed by atoms with E-state index in [-0.39, 0.29) is 13.0 Å². The van der Waals surface area contributed by atoms with Crippen molar-refractivity contribution in [3.63, 3.8) is 0 Å². The van der Waals surface area contributed by atoms with E-state index < -0.39 is 33.8 Å². The van der Waals surface area contributed by atoms with Gasteiger partial charge in [0.15, 0.2) is 5.75 Å². The van der Waals surface area contributed by atoms with Crippen molar-refractivity contribution < 1.29 is 27.9 Å². The molecule has 1 atom stereocenters. The zero-order chi connectivity index (χ0) is 13.8. The fourth-order valence-electron chi connectivity index (χ4n) is 2.06. The minimum absolute atomic E-state index is 0.0324. The highest BCUT2D eigenvalue weighted by molar-refractivity contribution is 7.89. The molecule has 0 spiro atoms. The van der Waals surface area contributed by atoms with E-state index in [1.165, 1.54) is 7.11 Å². The molecule has 1 saturated heterocycles. The topological polar surface area (TPSA) is 101 Å². The van der Waals surface area contributed by atoms with Gasteiger partial charge < -0.3 is 9.84 Å². The molecule has 0 bridgehead atoms. The van der Waals surface area contributed by atoms with Crippen LogP contribution in [-0.4, -0.2) is 55.2 Å². The highest BCUT2D eigenvalue weighted by Crippen LogP contribution is 2.23. The van der Waals surface area contributed by atoms with Gasteiger partial charge in [0, 0.05) is 12.6 Å². The van der Waals surface area contributed by atoms with Gasteiger partial charge in [-0.1, -0.05) is 6.42 Å². The second kappa shape index (κ2) is 6.14. The van der Waals surface area contributed by atoms with Crippen LogP contribution in [0.2, 0.25) is 0 Å². The Balaban J connectivity index is 2.81. The number of sulfonamides is 1. The molecule has 0 aliphatic carbocycles. The molecule has 1 unspecified atom stereocenters. The molecule has 0 amide bonds. The number of aliphatic carboxylic acids is 1. The highest BCUT2D eigenvalue weighted by Gasteiger charge is 2.34. The molecule has 1 aliphatic heterocycles. The number of carbonyl (C=O) groups is 2. The second-order valence-electron chi connectivity index (χ2n) is 4.19. The van der Waals surface area contributed by atoms with Gasteiger partial charge in [-0.25, -0.2) is 8.42 Å². The van der Waals surface area contributed by atoms with Crippen LogP contribution in [0.15, 0.2) is 0 Å². The first-order chi connectivity index (χ1) is 8.36. The summed E-state index contributed by atoms with van der Waals surface area (Å²) in [5.41, 5.74) is 0. The summed E-state index contributed by atoms with van der Waals surface area (Å²) in [5, 5.41) is 8.60. The first-order valence-electron chi connectivity index (χ1n) is 5.65. The minimum Gasteiger partial charge on any atom is -0.480 e. The number of carboxylic acids is 1. The average Bonchev–Trinajstić information content (AvgIpc) is 2.27. The molecular weight excluding hydrogens is 262 g/mol. The van der Waals surface area contributed by atoms with Crippen LogP contribution in [0.5, 0.6) is 0 Å². The Morgan fingerprint density at radius 2 is 2.06 bits per heavy atom. The van der Waals surface area contributed by atoms with Crippen molar-refractivity contribution in [2.75, 3.05) is 19.4 Å². The maximum absolute atomic E-state index is 11.9. The van der Waals surface area contributed by atoms with Crippen LogP contribution in [0.1, 0.15) is 25.7 Å². The summed E-state index contributed by atoms with van der Waals surface area (Å²) in [6.07, 6.45) is 2.01. The molecule has 104 valence electrons. The van der Waals surface area contributed by atoms with Gasteiger partial charge in [0.2, 0.25) is 10.0 Å². The number of carboxylic acid groups (broad SMARTS) is 1. The van der Waals surface area contributed by atoms with Crippen molar-refractivity contribution in [3.05, 3.63) is 0 Å². The van der Waals surface area contributed by atoms with Crippen LogP contribution in [0.3, 0.4) is 0 Å². The van der Waals surface area contributed by atoms with Gasteiger partial charge in [-0.05, 0) is 12.8 Å². The van der Waals surface area contributed by atoms with Crippen molar-refractivity contribution in [2.45, 2.75) is 31.7 Å². The van der Waals surface area contributed by atoms with Crippen molar-refractivity contribution in [1.29, 1.82) is 0 Å². The number of ether oxygens (including phenoxy) is 1. The fraction of sp³-hybridized carbons (Fsp3) is 0.800. The summed E-state index contributed by atoms with van der Waals surface area (Å²) in [6.45, 7) is 0.261. The number of esters is 1. The largest absolute Gasteiger partial charge is 0.480 e. The number of hydrogen-bond donors (Lipinski definition) is 1. The normalized spacial score (nSPS) is 21.5. The van der Waals surface area contributed by atoms with Crippen molar-refractivity contribution >= 4 is 22.0 Å². The standard InChI is InChI=1S/C10H17NO6S/c1-17-10(14)6-8-4-2-3-5-11(8)18(15,16)7-9(12)13/h8H,2-7H2,1H3,(H,12,13). The lowest BCUT2D eigenvalue weighted by molar-refractivity contribution is -0.141. The maximum atomic E-state index is 11.9. The molecule has 18 heavy (non-hydrogen) atoms. The number of rotatable bonds is 5. The first kappa shape index (κ1) is 14.9. The molecule has 1 rings (SSSR count). The fourth-order valence-corrected chi connectivity index (χ4v) is 3.58. The monoisotopic (exact) mass is 279 g/mol. The predicted octanol–water partition coefficient (Wildman–Crippen LogP) is -0.182. The molecule has 0 aromatic rings. The summed E-state index contributed by atoms with van der Waals surface area (Å²) >= 11 is 0. The molecule has 1 aliphatic rings. The molecule has 1 N–H and O–H groups in total. The van der Waals surface area contributed by atoms with E-state index in [0.717, 1.165) is 10.7 Å². The lowest BCUT2D eigenvalue weighted by Crippen LogP contribution is -2.46.